The van der Waals surface area contributed by atoms with Gasteiger partial charge in [0.05, 0.1) is 26.2 Å². The molecule has 1 aliphatic rings. The highest BCUT2D eigenvalue weighted by molar-refractivity contribution is 5.91. The Morgan fingerprint density at radius 1 is 1.04 bits per heavy atom. The van der Waals surface area contributed by atoms with Crippen LogP contribution in [0.2, 0.25) is 0 Å². The molecule has 0 radical (unpaired) electrons. The van der Waals surface area contributed by atoms with Gasteiger partial charge in [-0.3, -0.25) is 4.79 Å². The van der Waals surface area contributed by atoms with E-state index in [-0.39, 0.29) is 11.7 Å². The molecular weight excluding hydrogens is 290 g/mol. The summed E-state index contributed by atoms with van der Waals surface area (Å²) in [5, 5.41) is 12.3. The number of aromatic hydroxyl groups is 1. The number of amides is 1. The second kappa shape index (κ2) is 7.15. The van der Waals surface area contributed by atoms with E-state index in [9.17, 15) is 9.90 Å². The molecule has 2 aromatic rings. The van der Waals surface area contributed by atoms with Crippen LogP contribution in [0, 0.1) is 0 Å². The number of rotatable bonds is 4. The molecule has 1 aliphatic heterocycles. The number of hydrogen-bond acceptors (Lipinski definition) is 3. The van der Waals surface area contributed by atoms with E-state index >= 15 is 0 Å². The second-order valence-corrected chi connectivity index (χ2v) is 5.84. The average Bonchev–Trinajstić information content (AvgIpc) is 2.57. The Hall–Kier alpha value is -2.53. The summed E-state index contributed by atoms with van der Waals surface area (Å²) in [5.74, 6) is 0.347. The van der Waals surface area contributed by atoms with Crippen LogP contribution in [0.25, 0.3) is 0 Å². The largest absolute Gasteiger partial charge is 0.508 e. The molecule has 1 heterocycles. The van der Waals surface area contributed by atoms with Crippen molar-refractivity contribution in [2.75, 3.05) is 42.9 Å². The molecule has 2 aromatic carbocycles. The number of quaternary nitrogens is 1. The smallest absolute Gasteiger partial charge is 0.279 e. The molecule has 3 N–H and O–H groups in total. The van der Waals surface area contributed by atoms with Crippen molar-refractivity contribution in [3.63, 3.8) is 0 Å². The highest BCUT2D eigenvalue weighted by Crippen LogP contribution is 2.18. The van der Waals surface area contributed by atoms with Crippen LogP contribution < -0.4 is 15.1 Å². The maximum Gasteiger partial charge on any atom is 0.279 e. The summed E-state index contributed by atoms with van der Waals surface area (Å²) in [6.07, 6.45) is 0. The Bertz CT molecular complexity index is 635. The fraction of sp³-hybridized carbons (Fsp3) is 0.278. The molecule has 0 atom stereocenters. The summed E-state index contributed by atoms with van der Waals surface area (Å²) in [6, 6.07) is 16.8. The van der Waals surface area contributed by atoms with Crippen molar-refractivity contribution in [3.05, 3.63) is 54.6 Å². The summed E-state index contributed by atoms with van der Waals surface area (Å²) in [5.41, 5.74) is 1.97. The number of benzene rings is 2. The maximum absolute atomic E-state index is 12.1. The first-order chi connectivity index (χ1) is 11.2. The fourth-order valence-electron chi connectivity index (χ4n) is 2.88. The van der Waals surface area contributed by atoms with Gasteiger partial charge in [-0.15, -0.1) is 0 Å². The second-order valence-electron chi connectivity index (χ2n) is 5.84. The van der Waals surface area contributed by atoms with Crippen LogP contribution in [0.3, 0.4) is 0 Å². The van der Waals surface area contributed by atoms with E-state index in [1.54, 1.807) is 12.1 Å². The minimum Gasteiger partial charge on any atom is -0.508 e. The third-order valence-electron chi connectivity index (χ3n) is 4.15. The molecule has 5 heteroatoms. The number of phenolic OH excluding ortho intramolecular Hbond substituents is 1. The summed E-state index contributed by atoms with van der Waals surface area (Å²) in [6.45, 7) is 4.20. The molecule has 23 heavy (non-hydrogen) atoms. The lowest BCUT2D eigenvalue weighted by molar-refractivity contribution is -0.892. The van der Waals surface area contributed by atoms with Gasteiger partial charge in [0.2, 0.25) is 0 Å². The maximum atomic E-state index is 12.1. The number of nitrogens with zero attached hydrogens (tertiary/aromatic N) is 1. The molecule has 0 bridgehead atoms. The normalized spacial score (nSPS) is 15.4. The Balaban J connectivity index is 1.47. The number of phenols is 1. The zero-order chi connectivity index (χ0) is 16.1. The van der Waals surface area contributed by atoms with Crippen molar-refractivity contribution >= 4 is 17.3 Å². The number of hydrogen-bond donors (Lipinski definition) is 3. The Morgan fingerprint density at radius 2 is 1.70 bits per heavy atom. The van der Waals surface area contributed by atoms with Gasteiger partial charge in [0.25, 0.3) is 5.91 Å². The molecule has 1 amide bonds. The van der Waals surface area contributed by atoms with Crippen LogP contribution in [0.1, 0.15) is 0 Å². The molecular formula is C18H22N3O2+. The number of anilines is 2. The SMILES string of the molecule is O=C(C[NH+]1CCN(c2ccc(O)cc2)CC1)Nc1ccccc1. The fourth-order valence-corrected chi connectivity index (χ4v) is 2.88. The van der Waals surface area contributed by atoms with Crippen molar-refractivity contribution in [2.24, 2.45) is 0 Å². The summed E-state index contributed by atoms with van der Waals surface area (Å²) in [4.78, 5) is 15.7. The molecule has 0 aromatic heterocycles. The van der Waals surface area contributed by atoms with E-state index in [1.807, 2.05) is 42.5 Å². The minimum atomic E-state index is 0.0595. The lowest BCUT2D eigenvalue weighted by atomic mass is 10.2. The zero-order valence-electron chi connectivity index (χ0n) is 13.0. The van der Waals surface area contributed by atoms with E-state index in [0.29, 0.717) is 6.54 Å². The third kappa shape index (κ3) is 4.23. The van der Waals surface area contributed by atoms with Gasteiger partial charge in [-0.2, -0.15) is 0 Å². The Morgan fingerprint density at radius 3 is 2.35 bits per heavy atom. The average molecular weight is 312 g/mol. The highest BCUT2D eigenvalue weighted by atomic mass is 16.3. The quantitative estimate of drug-likeness (QED) is 0.780. The first-order valence-electron chi connectivity index (χ1n) is 7.93. The summed E-state index contributed by atoms with van der Waals surface area (Å²) in [7, 11) is 0. The van der Waals surface area contributed by atoms with E-state index in [0.717, 1.165) is 37.6 Å². The van der Waals surface area contributed by atoms with E-state index in [2.05, 4.69) is 10.2 Å². The molecule has 0 unspecified atom stereocenters. The van der Waals surface area contributed by atoms with Crippen LogP contribution in [0.4, 0.5) is 11.4 Å². The topological polar surface area (TPSA) is 57.0 Å². The number of nitrogens with one attached hydrogen (secondary N) is 2. The molecule has 3 rings (SSSR count). The number of carbonyl (C=O) groups excluding carboxylic acids is 1. The first kappa shape index (κ1) is 15.4. The van der Waals surface area contributed by atoms with Crippen molar-refractivity contribution < 1.29 is 14.8 Å². The van der Waals surface area contributed by atoms with Crippen molar-refractivity contribution in [3.8, 4) is 5.75 Å². The lowest BCUT2D eigenvalue weighted by Gasteiger charge is -2.33. The van der Waals surface area contributed by atoms with Gasteiger partial charge in [0.1, 0.15) is 5.75 Å². The molecule has 0 spiro atoms. The number of piperazine rings is 1. The number of para-hydroxylation sites is 1. The van der Waals surface area contributed by atoms with Gasteiger partial charge in [0.15, 0.2) is 6.54 Å². The van der Waals surface area contributed by atoms with Gasteiger partial charge in [-0.1, -0.05) is 18.2 Å². The molecule has 1 saturated heterocycles. The standard InChI is InChI=1S/C18H21N3O2/c22-17-8-6-16(7-9-17)21-12-10-20(11-13-21)14-18(23)19-15-4-2-1-3-5-15/h1-9,22H,10-14H2,(H,19,23)/p+1. The van der Waals surface area contributed by atoms with Crippen molar-refractivity contribution in [2.45, 2.75) is 0 Å². The predicted molar refractivity (Wildman–Crippen MR) is 91.0 cm³/mol. The van der Waals surface area contributed by atoms with Crippen LogP contribution in [-0.4, -0.2) is 43.7 Å². The molecule has 1 fully saturated rings. The highest BCUT2D eigenvalue weighted by Gasteiger charge is 2.22. The van der Waals surface area contributed by atoms with Gasteiger partial charge in [0, 0.05) is 11.4 Å². The molecule has 0 saturated carbocycles. The Kier molecular flexibility index (Phi) is 4.78. The van der Waals surface area contributed by atoms with E-state index < -0.39 is 0 Å². The van der Waals surface area contributed by atoms with Crippen LogP contribution in [0.5, 0.6) is 5.75 Å². The molecule has 120 valence electrons. The monoisotopic (exact) mass is 312 g/mol. The summed E-state index contributed by atoms with van der Waals surface area (Å²) < 4.78 is 0. The van der Waals surface area contributed by atoms with E-state index in [4.69, 9.17) is 0 Å². The van der Waals surface area contributed by atoms with Gasteiger partial charge < -0.3 is 20.2 Å². The minimum absolute atomic E-state index is 0.0595. The third-order valence-corrected chi connectivity index (χ3v) is 4.15. The van der Waals surface area contributed by atoms with E-state index in [1.165, 1.54) is 4.90 Å². The van der Waals surface area contributed by atoms with Crippen molar-refractivity contribution in [1.29, 1.82) is 0 Å². The van der Waals surface area contributed by atoms with Gasteiger partial charge in [-0.05, 0) is 36.4 Å². The zero-order valence-corrected chi connectivity index (χ0v) is 13.0. The molecule has 5 nitrogen and oxygen atoms in total. The molecule has 0 aliphatic carbocycles. The van der Waals surface area contributed by atoms with Gasteiger partial charge >= 0.3 is 0 Å². The van der Waals surface area contributed by atoms with Crippen molar-refractivity contribution in [1.82, 2.24) is 0 Å². The lowest BCUT2D eigenvalue weighted by Crippen LogP contribution is -3.15. The van der Waals surface area contributed by atoms with Crippen LogP contribution >= 0.6 is 0 Å². The van der Waals surface area contributed by atoms with Gasteiger partial charge in [-0.25, -0.2) is 0 Å². The number of carbonyl (C=O) groups is 1. The predicted octanol–water partition coefficient (Wildman–Crippen LogP) is 0.736. The first-order valence-corrected chi connectivity index (χ1v) is 7.93. The van der Waals surface area contributed by atoms with Crippen LogP contribution in [0.15, 0.2) is 54.6 Å². The summed E-state index contributed by atoms with van der Waals surface area (Å²) >= 11 is 0. The van der Waals surface area contributed by atoms with Crippen LogP contribution in [-0.2, 0) is 4.79 Å². The Labute approximate surface area is 136 Å².